The number of benzene rings is 1. The molecule has 0 N–H and O–H groups in total. The average Bonchev–Trinajstić information content (AvgIpc) is 2.44. The lowest BCUT2D eigenvalue weighted by molar-refractivity contribution is 0.570. The van der Waals surface area contributed by atoms with Crippen molar-refractivity contribution in [1.29, 1.82) is 0 Å². The van der Waals surface area contributed by atoms with Crippen LogP contribution < -0.4 is 0 Å². The quantitative estimate of drug-likeness (QED) is 0.694. The molecular formula is C10H8BrFO. The molecule has 0 bridgehead atoms. The van der Waals surface area contributed by atoms with Gasteiger partial charge in [0.15, 0.2) is 0 Å². The molecule has 0 saturated heterocycles. The van der Waals surface area contributed by atoms with Crippen LogP contribution in [0.15, 0.2) is 22.6 Å². The summed E-state index contributed by atoms with van der Waals surface area (Å²) in [6, 6.07) is 4.56. The standard InChI is InChI=1S/C10H8BrFO/c1-6-8-4-7(12)2-3-9(8)13-10(6)5-11/h2-4H,5H2,1H3. The number of hydrogen-bond donors (Lipinski definition) is 0. The van der Waals surface area contributed by atoms with Gasteiger partial charge < -0.3 is 4.42 Å². The normalized spacial score (nSPS) is 11.0. The summed E-state index contributed by atoms with van der Waals surface area (Å²) in [6.07, 6.45) is 0. The van der Waals surface area contributed by atoms with E-state index < -0.39 is 0 Å². The van der Waals surface area contributed by atoms with Crippen molar-refractivity contribution in [2.45, 2.75) is 12.3 Å². The maximum Gasteiger partial charge on any atom is 0.134 e. The van der Waals surface area contributed by atoms with Crippen molar-refractivity contribution in [2.24, 2.45) is 0 Å². The molecule has 0 fully saturated rings. The van der Waals surface area contributed by atoms with E-state index >= 15 is 0 Å². The maximum absolute atomic E-state index is 12.9. The molecule has 0 saturated carbocycles. The number of fused-ring (bicyclic) bond motifs is 1. The van der Waals surface area contributed by atoms with Gasteiger partial charge in [0.2, 0.25) is 0 Å². The van der Waals surface area contributed by atoms with E-state index in [1.165, 1.54) is 12.1 Å². The summed E-state index contributed by atoms with van der Waals surface area (Å²) in [5.41, 5.74) is 1.75. The molecule has 13 heavy (non-hydrogen) atoms. The Morgan fingerprint density at radius 2 is 2.23 bits per heavy atom. The van der Waals surface area contributed by atoms with Gasteiger partial charge in [0.1, 0.15) is 17.2 Å². The summed E-state index contributed by atoms with van der Waals surface area (Å²) in [6.45, 7) is 1.93. The van der Waals surface area contributed by atoms with Crippen LogP contribution in [0.3, 0.4) is 0 Å². The monoisotopic (exact) mass is 242 g/mol. The van der Waals surface area contributed by atoms with E-state index in [-0.39, 0.29) is 5.82 Å². The topological polar surface area (TPSA) is 13.1 Å². The summed E-state index contributed by atoms with van der Waals surface area (Å²) in [5, 5.41) is 1.52. The lowest BCUT2D eigenvalue weighted by Crippen LogP contribution is -1.76. The third-order valence-electron chi connectivity index (χ3n) is 2.12. The fourth-order valence-electron chi connectivity index (χ4n) is 1.37. The van der Waals surface area contributed by atoms with Crippen LogP contribution in [0.5, 0.6) is 0 Å². The predicted octanol–water partition coefficient (Wildman–Crippen LogP) is 3.78. The predicted molar refractivity (Wildman–Crippen MR) is 53.5 cm³/mol. The molecule has 0 amide bonds. The molecule has 0 atom stereocenters. The van der Waals surface area contributed by atoms with Gasteiger partial charge in [0.25, 0.3) is 0 Å². The van der Waals surface area contributed by atoms with E-state index in [2.05, 4.69) is 15.9 Å². The first-order valence-corrected chi connectivity index (χ1v) is 5.08. The second kappa shape index (κ2) is 3.14. The minimum Gasteiger partial charge on any atom is -0.460 e. The molecule has 0 spiro atoms. The van der Waals surface area contributed by atoms with Crippen LogP contribution >= 0.6 is 15.9 Å². The fourth-order valence-corrected chi connectivity index (χ4v) is 1.91. The van der Waals surface area contributed by atoms with Gasteiger partial charge in [-0.15, -0.1) is 0 Å². The van der Waals surface area contributed by atoms with Crippen molar-refractivity contribution >= 4 is 26.9 Å². The van der Waals surface area contributed by atoms with Gasteiger partial charge in [-0.1, -0.05) is 15.9 Å². The number of hydrogen-bond acceptors (Lipinski definition) is 1. The van der Waals surface area contributed by atoms with E-state index in [0.717, 1.165) is 22.3 Å². The van der Waals surface area contributed by atoms with Gasteiger partial charge >= 0.3 is 0 Å². The zero-order valence-corrected chi connectivity index (χ0v) is 8.69. The van der Waals surface area contributed by atoms with Crippen LogP contribution in [0.1, 0.15) is 11.3 Å². The molecular weight excluding hydrogens is 235 g/mol. The summed E-state index contributed by atoms with van der Waals surface area (Å²) in [7, 11) is 0. The third kappa shape index (κ3) is 1.37. The highest BCUT2D eigenvalue weighted by Gasteiger charge is 2.09. The summed E-state index contributed by atoms with van der Waals surface area (Å²) in [4.78, 5) is 0. The van der Waals surface area contributed by atoms with Gasteiger partial charge in [0, 0.05) is 5.39 Å². The van der Waals surface area contributed by atoms with Crippen molar-refractivity contribution in [3.8, 4) is 0 Å². The first kappa shape index (κ1) is 8.75. The summed E-state index contributed by atoms with van der Waals surface area (Å²) in [5.74, 6) is 0.637. The molecule has 0 unspecified atom stereocenters. The first-order chi connectivity index (χ1) is 6.22. The molecule has 0 aliphatic carbocycles. The molecule has 2 rings (SSSR count). The largest absolute Gasteiger partial charge is 0.460 e. The van der Waals surface area contributed by atoms with E-state index in [9.17, 15) is 4.39 Å². The molecule has 3 heteroatoms. The van der Waals surface area contributed by atoms with Crippen molar-refractivity contribution in [1.82, 2.24) is 0 Å². The minimum atomic E-state index is -0.225. The minimum absolute atomic E-state index is 0.225. The fraction of sp³-hybridized carbons (Fsp3) is 0.200. The molecule has 2 aromatic rings. The van der Waals surface area contributed by atoms with Crippen molar-refractivity contribution in [2.75, 3.05) is 0 Å². The van der Waals surface area contributed by atoms with Crippen LogP contribution in [0, 0.1) is 12.7 Å². The summed E-state index contributed by atoms with van der Waals surface area (Å²) < 4.78 is 18.4. The Balaban J connectivity index is 2.77. The zero-order valence-electron chi connectivity index (χ0n) is 7.10. The SMILES string of the molecule is Cc1c(CBr)oc2ccc(F)cc12. The zero-order chi connectivity index (χ0) is 9.42. The summed E-state index contributed by atoms with van der Waals surface area (Å²) >= 11 is 3.32. The van der Waals surface area contributed by atoms with Crippen molar-refractivity contribution in [3.05, 3.63) is 35.3 Å². The molecule has 1 heterocycles. The molecule has 0 aliphatic heterocycles. The molecule has 1 nitrogen and oxygen atoms in total. The average molecular weight is 243 g/mol. The molecule has 1 aromatic carbocycles. The molecule has 1 aromatic heterocycles. The van der Waals surface area contributed by atoms with Gasteiger partial charge in [0.05, 0.1) is 5.33 Å². The van der Waals surface area contributed by atoms with Crippen LogP contribution in [0.2, 0.25) is 0 Å². The Morgan fingerprint density at radius 1 is 1.46 bits per heavy atom. The maximum atomic E-state index is 12.9. The lowest BCUT2D eigenvalue weighted by atomic mass is 10.1. The highest BCUT2D eigenvalue weighted by molar-refractivity contribution is 9.08. The van der Waals surface area contributed by atoms with Gasteiger partial charge in [-0.2, -0.15) is 0 Å². The number of rotatable bonds is 1. The van der Waals surface area contributed by atoms with E-state index in [4.69, 9.17) is 4.42 Å². The smallest absolute Gasteiger partial charge is 0.134 e. The second-order valence-corrected chi connectivity index (χ2v) is 3.49. The van der Waals surface area contributed by atoms with Gasteiger partial charge in [-0.3, -0.25) is 0 Å². The Labute approximate surface area is 83.7 Å². The first-order valence-electron chi connectivity index (χ1n) is 3.96. The Kier molecular flexibility index (Phi) is 2.12. The van der Waals surface area contributed by atoms with Crippen molar-refractivity contribution in [3.63, 3.8) is 0 Å². The molecule has 68 valence electrons. The molecule has 0 radical (unpaired) electrons. The van der Waals surface area contributed by atoms with Crippen LogP contribution in [-0.4, -0.2) is 0 Å². The highest BCUT2D eigenvalue weighted by atomic mass is 79.9. The van der Waals surface area contributed by atoms with Crippen LogP contribution in [-0.2, 0) is 5.33 Å². The second-order valence-electron chi connectivity index (χ2n) is 2.92. The Hall–Kier alpha value is -0.830. The van der Waals surface area contributed by atoms with E-state index in [1.54, 1.807) is 6.07 Å². The van der Waals surface area contributed by atoms with Gasteiger partial charge in [-0.25, -0.2) is 4.39 Å². The van der Waals surface area contributed by atoms with Crippen molar-refractivity contribution < 1.29 is 8.81 Å². The van der Waals surface area contributed by atoms with Crippen LogP contribution in [0.25, 0.3) is 11.0 Å². The number of furan rings is 1. The number of halogens is 2. The Morgan fingerprint density at radius 3 is 2.92 bits per heavy atom. The highest BCUT2D eigenvalue weighted by Crippen LogP contribution is 2.27. The number of aryl methyl sites for hydroxylation is 1. The van der Waals surface area contributed by atoms with E-state index in [0.29, 0.717) is 5.33 Å². The molecule has 0 aliphatic rings. The Bertz CT molecular complexity index is 447. The van der Waals surface area contributed by atoms with Gasteiger partial charge in [-0.05, 0) is 30.7 Å². The number of alkyl halides is 1. The third-order valence-corrected chi connectivity index (χ3v) is 2.63. The van der Waals surface area contributed by atoms with E-state index in [1.807, 2.05) is 6.92 Å². The lowest BCUT2D eigenvalue weighted by Gasteiger charge is -1.89. The van der Waals surface area contributed by atoms with Crippen LogP contribution in [0.4, 0.5) is 4.39 Å².